The lowest BCUT2D eigenvalue weighted by Gasteiger charge is -2.50. The van der Waals surface area contributed by atoms with Gasteiger partial charge in [0.25, 0.3) is 0 Å². The van der Waals surface area contributed by atoms with Crippen molar-refractivity contribution in [2.75, 3.05) is 19.6 Å². The van der Waals surface area contributed by atoms with E-state index >= 15 is 0 Å². The highest BCUT2D eigenvalue weighted by atomic mass is 16.4. The molecule has 2 aliphatic rings. The summed E-state index contributed by atoms with van der Waals surface area (Å²) in [5, 5.41) is 9.22. The van der Waals surface area contributed by atoms with Gasteiger partial charge in [-0.15, -0.1) is 0 Å². The van der Waals surface area contributed by atoms with Gasteiger partial charge < -0.3 is 10.0 Å². The highest BCUT2D eigenvalue weighted by Gasteiger charge is 2.41. The third kappa shape index (κ3) is 3.29. The van der Waals surface area contributed by atoms with Gasteiger partial charge in [0.1, 0.15) is 0 Å². The van der Waals surface area contributed by atoms with Gasteiger partial charge in [0.15, 0.2) is 0 Å². The van der Waals surface area contributed by atoms with E-state index in [0.717, 1.165) is 18.5 Å². The molecular weight excluding hydrogens is 262 g/mol. The lowest BCUT2D eigenvalue weighted by atomic mass is 9.73. The molecule has 1 aromatic carbocycles. The number of aromatic carboxylic acids is 1. The standard InChI is InChI=1S/C18H25NO2/c20-17(21)16-8-4-3-7-15(16)9-12-19-13-18(14-19)10-5-1-2-6-11-18/h3-4,7-8H,1-2,5-6,9-14H2,(H,20,21). The molecule has 1 aliphatic carbocycles. The van der Waals surface area contributed by atoms with Crippen LogP contribution in [0.25, 0.3) is 0 Å². The van der Waals surface area contributed by atoms with Crippen LogP contribution in [0.1, 0.15) is 54.4 Å². The van der Waals surface area contributed by atoms with E-state index < -0.39 is 5.97 Å². The molecule has 1 N–H and O–H groups in total. The molecule has 0 bridgehead atoms. The number of hydrogen-bond acceptors (Lipinski definition) is 2. The van der Waals surface area contributed by atoms with Crippen molar-refractivity contribution in [2.24, 2.45) is 5.41 Å². The summed E-state index contributed by atoms with van der Waals surface area (Å²) < 4.78 is 0. The fourth-order valence-corrected chi connectivity index (χ4v) is 4.08. The Morgan fingerprint density at radius 2 is 1.76 bits per heavy atom. The van der Waals surface area contributed by atoms with Gasteiger partial charge in [-0.2, -0.15) is 0 Å². The van der Waals surface area contributed by atoms with E-state index in [-0.39, 0.29) is 0 Å². The van der Waals surface area contributed by atoms with E-state index in [9.17, 15) is 9.90 Å². The first-order valence-corrected chi connectivity index (χ1v) is 8.22. The van der Waals surface area contributed by atoms with Gasteiger partial charge in [-0.25, -0.2) is 4.79 Å². The molecular formula is C18H25NO2. The molecule has 2 fully saturated rings. The Balaban J connectivity index is 1.52. The van der Waals surface area contributed by atoms with E-state index in [4.69, 9.17) is 0 Å². The third-order valence-corrected chi connectivity index (χ3v) is 5.23. The maximum atomic E-state index is 11.2. The molecule has 1 aliphatic heterocycles. The van der Waals surface area contributed by atoms with Crippen LogP contribution in [0, 0.1) is 5.41 Å². The van der Waals surface area contributed by atoms with Gasteiger partial charge in [-0.3, -0.25) is 0 Å². The monoisotopic (exact) mass is 287 g/mol. The lowest BCUT2D eigenvalue weighted by molar-refractivity contribution is -0.0106. The normalized spacial score (nSPS) is 21.7. The van der Waals surface area contributed by atoms with Crippen LogP contribution in [0.15, 0.2) is 24.3 Å². The third-order valence-electron chi connectivity index (χ3n) is 5.23. The summed E-state index contributed by atoms with van der Waals surface area (Å²) in [6.07, 6.45) is 9.26. The van der Waals surface area contributed by atoms with Crippen molar-refractivity contribution in [3.8, 4) is 0 Å². The van der Waals surface area contributed by atoms with E-state index in [0.29, 0.717) is 11.0 Å². The molecule has 114 valence electrons. The van der Waals surface area contributed by atoms with Crippen LogP contribution in [0.2, 0.25) is 0 Å². The second-order valence-electron chi connectivity index (χ2n) is 6.84. The molecule has 1 spiro atoms. The molecule has 1 saturated carbocycles. The Bertz CT molecular complexity index is 496. The topological polar surface area (TPSA) is 40.5 Å². The molecule has 0 unspecified atom stereocenters. The van der Waals surface area contributed by atoms with Crippen LogP contribution in [0.5, 0.6) is 0 Å². The number of carbonyl (C=O) groups is 1. The second-order valence-corrected chi connectivity index (χ2v) is 6.84. The predicted molar refractivity (Wildman–Crippen MR) is 83.7 cm³/mol. The fraction of sp³-hybridized carbons (Fsp3) is 0.611. The molecule has 3 rings (SSSR count). The number of carboxylic acids is 1. The average molecular weight is 287 g/mol. The zero-order chi connectivity index (χ0) is 14.7. The summed E-state index contributed by atoms with van der Waals surface area (Å²) in [7, 11) is 0. The molecule has 3 heteroatoms. The van der Waals surface area contributed by atoms with Gasteiger partial charge in [0, 0.05) is 19.6 Å². The first-order chi connectivity index (χ1) is 10.2. The van der Waals surface area contributed by atoms with Crippen molar-refractivity contribution >= 4 is 5.97 Å². The smallest absolute Gasteiger partial charge is 0.335 e. The Kier molecular flexibility index (Phi) is 4.29. The summed E-state index contributed by atoms with van der Waals surface area (Å²) in [6, 6.07) is 7.40. The predicted octanol–water partition coefficient (Wildman–Crippen LogP) is 3.58. The molecule has 3 nitrogen and oxygen atoms in total. The molecule has 1 saturated heterocycles. The van der Waals surface area contributed by atoms with Gasteiger partial charge in [0.2, 0.25) is 0 Å². The first kappa shape index (κ1) is 14.6. The zero-order valence-corrected chi connectivity index (χ0v) is 12.7. The largest absolute Gasteiger partial charge is 0.478 e. The van der Waals surface area contributed by atoms with Crippen LogP contribution < -0.4 is 0 Å². The van der Waals surface area contributed by atoms with E-state index in [1.165, 1.54) is 51.6 Å². The maximum absolute atomic E-state index is 11.2. The van der Waals surface area contributed by atoms with Crippen LogP contribution in [0.4, 0.5) is 0 Å². The van der Waals surface area contributed by atoms with Gasteiger partial charge >= 0.3 is 5.97 Å². The number of benzene rings is 1. The summed E-state index contributed by atoms with van der Waals surface area (Å²) in [5.41, 5.74) is 2.03. The highest BCUT2D eigenvalue weighted by Crippen LogP contribution is 2.42. The minimum atomic E-state index is -0.811. The minimum absolute atomic E-state index is 0.460. The average Bonchev–Trinajstić information content (AvgIpc) is 2.70. The summed E-state index contributed by atoms with van der Waals surface area (Å²) in [6.45, 7) is 3.44. The van der Waals surface area contributed by atoms with E-state index in [1.807, 2.05) is 12.1 Å². The van der Waals surface area contributed by atoms with Crippen molar-refractivity contribution in [1.29, 1.82) is 0 Å². The van der Waals surface area contributed by atoms with Crippen LogP contribution in [0.3, 0.4) is 0 Å². The Morgan fingerprint density at radius 3 is 2.43 bits per heavy atom. The van der Waals surface area contributed by atoms with Crippen molar-refractivity contribution in [1.82, 2.24) is 4.90 Å². The molecule has 0 aromatic heterocycles. The number of carboxylic acid groups (broad SMARTS) is 1. The fourth-order valence-electron chi connectivity index (χ4n) is 4.08. The summed E-state index contributed by atoms with van der Waals surface area (Å²) >= 11 is 0. The SMILES string of the molecule is O=C(O)c1ccccc1CCN1CC2(CCCCCC2)C1. The molecule has 0 amide bonds. The molecule has 0 atom stereocenters. The van der Waals surface area contributed by atoms with E-state index in [2.05, 4.69) is 4.90 Å². The second kappa shape index (κ2) is 6.18. The Morgan fingerprint density at radius 1 is 1.10 bits per heavy atom. The molecule has 1 aromatic rings. The number of rotatable bonds is 4. The van der Waals surface area contributed by atoms with Crippen molar-refractivity contribution in [2.45, 2.75) is 44.9 Å². The van der Waals surface area contributed by atoms with Gasteiger partial charge in [-0.05, 0) is 36.3 Å². The van der Waals surface area contributed by atoms with Gasteiger partial charge in [0.05, 0.1) is 5.56 Å². The van der Waals surface area contributed by atoms with Crippen molar-refractivity contribution in [3.63, 3.8) is 0 Å². The van der Waals surface area contributed by atoms with Crippen molar-refractivity contribution < 1.29 is 9.90 Å². The Hall–Kier alpha value is -1.35. The van der Waals surface area contributed by atoms with E-state index in [1.54, 1.807) is 12.1 Å². The molecule has 21 heavy (non-hydrogen) atoms. The maximum Gasteiger partial charge on any atom is 0.335 e. The number of nitrogens with zero attached hydrogens (tertiary/aromatic N) is 1. The lowest BCUT2D eigenvalue weighted by Crippen LogP contribution is -2.56. The summed E-state index contributed by atoms with van der Waals surface area (Å²) in [4.78, 5) is 13.7. The quantitative estimate of drug-likeness (QED) is 0.920. The van der Waals surface area contributed by atoms with Crippen LogP contribution in [-0.2, 0) is 6.42 Å². The first-order valence-electron chi connectivity index (χ1n) is 8.22. The molecule has 0 radical (unpaired) electrons. The number of hydrogen-bond donors (Lipinski definition) is 1. The van der Waals surface area contributed by atoms with Crippen LogP contribution >= 0.6 is 0 Å². The van der Waals surface area contributed by atoms with Gasteiger partial charge in [-0.1, -0.05) is 43.9 Å². The Labute approximate surface area is 127 Å². The number of likely N-dealkylation sites (tertiary alicyclic amines) is 1. The molecule has 1 heterocycles. The summed E-state index contributed by atoms with van der Waals surface area (Å²) in [5.74, 6) is -0.811. The highest BCUT2D eigenvalue weighted by molar-refractivity contribution is 5.89. The zero-order valence-electron chi connectivity index (χ0n) is 12.7. The van der Waals surface area contributed by atoms with Crippen molar-refractivity contribution in [3.05, 3.63) is 35.4 Å². The minimum Gasteiger partial charge on any atom is -0.478 e. The van der Waals surface area contributed by atoms with Crippen LogP contribution in [-0.4, -0.2) is 35.6 Å².